The molecule has 2 saturated heterocycles. The van der Waals surface area contributed by atoms with Crippen LogP contribution in [0.25, 0.3) is 21.6 Å². The summed E-state index contributed by atoms with van der Waals surface area (Å²) in [7, 11) is 0. The molecule has 0 saturated carbocycles. The van der Waals surface area contributed by atoms with E-state index in [4.69, 9.17) is 21.7 Å². The summed E-state index contributed by atoms with van der Waals surface area (Å²) in [6.45, 7) is 12.9. The van der Waals surface area contributed by atoms with E-state index in [0.29, 0.717) is 50.6 Å². The maximum Gasteiger partial charge on any atom is 0.417 e. The number of amides is 4. The molecule has 18 heteroatoms. The van der Waals surface area contributed by atoms with Gasteiger partial charge in [0.15, 0.2) is 5.11 Å². The van der Waals surface area contributed by atoms with Crippen molar-refractivity contribution in [1.82, 2.24) is 20.5 Å². The third kappa shape index (κ3) is 12.8. The normalized spacial score (nSPS) is 16.1. The van der Waals surface area contributed by atoms with Gasteiger partial charge >= 0.3 is 6.18 Å². The van der Waals surface area contributed by atoms with Crippen molar-refractivity contribution < 1.29 is 41.8 Å². The average Bonchev–Trinajstić information content (AvgIpc) is 4.07. The molecule has 13 nitrogen and oxygen atoms in total. The third-order valence-electron chi connectivity index (χ3n) is 13.0. The SMILES string of the molecule is Cc1ncsc1-c1ccc(CNC(=O)[C@@H]2CCCN2C(=O)C(NC(=O)CCOCCCCCOc2ccc(-c3ccc(N4C(=S)N(c5ccc(C#N)c(C(F)(F)F)c5)C(=O)C4(C)C)cc3)cc2)C(C)(C)C)cc1. The highest BCUT2D eigenvalue weighted by atomic mass is 32.1. The fourth-order valence-electron chi connectivity index (χ4n) is 8.96. The lowest BCUT2D eigenvalue weighted by atomic mass is 9.85. The Morgan fingerprint density at radius 3 is 2.18 bits per heavy atom. The maximum atomic E-state index is 14.0. The molecule has 73 heavy (non-hydrogen) atoms. The third-order valence-corrected chi connectivity index (χ3v) is 14.4. The number of carbonyl (C=O) groups is 4. The molecule has 0 aliphatic carbocycles. The molecule has 4 aromatic carbocycles. The number of likely N-dealkylation sites (tertiary alicyclic amines) is 1. The number of thiazole rings is 1. The van der Waals surface area contributed by atoms with E-state index in [2.05, 4.69) is 15.6 Å². The molecule has 3 heterocycles. The van der Waals surface area contributed by atoms with E-state index in [1.807, 2.05) is 93.9 Å². The summed E-state index contributed by atoms with van der Waals surface area (Å²) in [6.07, 6.45) is -1.03. The number of alkyl halides is 3. The number of aromatic nitrogens is 1. The van der Waals surface area contributed by atoms with Crippen LogP contribution in [0, 0.1) is 23.7 Å². The van der Waals surface area contributed by atoms with E-state index in [9.17, 15) is 37.6 Å². The van der Waals surface area contributed by atoms with Gasteiger partial charge in [-0.1, -0.05) is 69.3 Å². The number of aryl methyl sites for hydroxylation is 1. The monoisotopic (exact) mass is 1040 g/mol. The molecular weight excluding hydrogens is 976 g/mol. The smallest absolute Gasteiger partial charge is 0.417 e. The zero-order valence-corrected chi connectivity index (χ0v) is 43.4. The number of thiocarbonyl (C=S) groups is 1. The average molecular weight is 1040 g/mol. The minimum Gasteiger partial charge on any atom is -0.494 e. The molecule has 2 atom stereocenters. The standard InChI is InChI=1S/C55H60F3N7O6S2/c1-35-47(73-34-61-35)39-14-12-36(13-15-39)33-60-49(67)45-11-10-27-63(45)50(68)48(53(2,3)4)62-46(66)26-30-70-28-8-7-9-29-71-43-24-19-38(20-25-43)37-16-21-41(22-17-37)65-52(72)64(51(69)54(65,5)6)42-23-18-40(32-59)44(31-42)55(56,57)58/h12-25,31,34,45,48H,7-11,26-30,33H2,1-6H3,(H,60,67)(H,62,66)/t45-,48?/m0/s1. The van der Waals surface area contributed by atoms with E-state index in [0.717, 1.165) is 69.1 Å². The second-order valence-electron chi connectivity index (χ2n) is 19.7. The van der Waals surface area contributed by atoms with Gasteiger partial charge in [-0.3, -0.25) is 24.1 Å². The van der Waals surface area contributed by atoms with Crippen LogP contribution in [0.1, 0.15) is 95.5 Å². The summed E-state index contributed by atoms with van der Waals surface area (Å²) in [4.78, 5) is 63.8. The van der Waals surface area contributed by atoms with Crippen molar-refractivity contribution in [1.29, 1.82) is 5.26 Å². The zero-order valence-electron chi connectivity index (χ0n) is 41.8. The Morgan fingerprint density at radius 2 is 1.55 bits per heavy atom. The first-order valence-electron chi connectivity index (χ1n) is 24.3. The van der Waals surface area contributed by atoms with Gasteiger partial charge in [-0.15, -0.1) is 11.3 Å². The van der Waals surface area contributed by atoms with Gasteiger partial charge in [0.05, 0.1) is 52.2 Å². The molecule has 384 valence electrons. The lowest BCUT2D eigenvalue weighted by Crippen LogP contribution is -2.57. The summed E-state index contributed by atoms with van der Waals surface area (Å²) >= 11 is 7.27. The lowest BCUT2D eigenvalue weighted by molar-refractivity contribution is -0.144. The number of nitriles is 1. The Kier molecular flexibility index (Phi) is 17.1. The first kappa shape index (κ1) is 54.1. The number of rotatable bonds is 19. The molecule has 2 N–H and O–H groups in total. The van der Waals surface area contributed by atoms with Crippen LogP contribution in [0.5, 0.6) is 5.75 Å². The van der Waals surface area contributed by atoms with Gasteiger partial charge in [0.25, 0.3) is 5.91 Å². The highest BCUT2D eigenvalue weighted by molar-refractivity contribution is 7.81. The van der Waals surface area contributed by atoms with Gasteiger partial charge in [0, 0.05) is 31.8 Å². The van der Waals surface area contributed by atoms with Gasteiger partial charge in [0.2, 0.25) is 17.7 Å². The molecule has 0 bridgehead atoms. The van der Waals surface area contributed by atoms with Crippen molar-refractivity contribution in [2.75, 3.05) is 36.2 Å². The van der Waals surface area contributed by atoms with Crippen LogP contribution in [-0.2, 0) is 36.6 Å². The first-order chi connectivity index (χ1) is 34.7. The Labute approximate surface area is 433 Å². The maximum absolute atomic E-state index is 14.0. The molecule has 5 aromatic rings. The van der Waals surface area contributed by atoms with E-state index < -0.39 is 46.2 Å². The van der Waals surface area contributed by atoms with Gasteiger partial charge < -0.3 is 29.9 Å². The number of nitrogens with zero attached hydrogens (tertiary/aromatic N) is 5. The number of halogens is 3. The van der Waals surface area contributed by atoms with Crippen LogP contribution in [0.2, 0.25) is 0 Å². The van der Waals surface area contributed by atoms with E-state index in [1.54, 1.807) is 53.2 Å². The van der Waals surface area contributed by atoms with Crippen LogP contribution in [0.3, 0.4) is 0 Å². The Hall–Kier alpha value is -6.68. The van der Waals surface area contributed by atoms with Crippen molar-refractivity contribution >= 4 is 63.7 Å². The van der Waals surface area contributed by atoms with Crippen LogP contribution < -0.4 is 25.2 Å². The molecule has 2 aliphatic rings. The molecule has 1 aromatic heterocycles. The van der Waals surface area contributed by atoms with E-state index in [1.165, 1.54) is 6.07 Å². The molecule has 2 aliphatic heterocycles. The number of nitrogens with one attached hydrogen (secondary N) is 2. The number of ether oxygens (including phenoxy) is 2. The number of hydrogen-bond acceptors (Lipinski definition) is 10. The number of unbranched alkanes of at least 4 members (excludes halogenated alkanes) is 2. The van der Waals surface area contributed by atoms with Crippen molar-refractivity contribution in [2.45, 2.75) is 110 Å². The molecule has 1 unspecified atom stereocenters. The summed E-state index contributed by atoms with van der Waals surface area (Å²) < 4.78 is 53.0. The van der Waals surface area contributed by atoms with Crippen LogP contribution in [0.4, 0.5) is 24.5 Å². The highest BCUT2D eigenvalue weighted by Gasteiger charge is 2.51. The minimum absolute atomic E-state index is 0.0180. The van der Waals surface area contributed by atoms with E-state index in [-0.39, 0.29) is 41.5 Å². The topological polar surface area (TPSA) is 157 Å². The van der Waals surface area contributed by atoms with Crippen molar-refractivity contribution in [3.63, 3.8) is 0 Å². The number of anilines is 2. The van der Waals surface area contributed by atoms with Crippen molar-refractivity contribution in [2.24, 2.45) is 5.41 Å². The van der Waals surface area contributed by atoms with Gasteiger partial charge in [-0.05, 0) is 135 Å². The molecule has 2 fully saturated rings. The second-order valence-corrected chi connectivity index (χ2v) is 21.0. The Balaban J connectivity index is 0.799. The van der Waals surface area contributed by atoms with Crippen LogP contribution in [-0.4, -0.2) is 82.6 Å². The number of benzene rings is 4. The minimum atomic E-state index is -4.79. The van der Waals surface area contributed by atoms with Crippen molar-refractivity contribution in [3.8, 4) is 33.4 Å². The summed E-state index contributed by atoms with van der Waals surface area (Å²) in [5.41, 5.74) is 3.65. The summed E-state index contributed by atoms with van der Waals surface area (Å²) in [5.74, 6) is -0.566. The van der Waals surface area contributed by atoms with Crippen molar-refractivity contribution in [3.05, 3.63) is 119 Å². The summed E-state index contributed by atoms with van der Waals surface area (Å²) in [5, 5.41) is 15.2. The highest BCUT2D eigenvalue weighted by Crippen LogP contribution is 2.40. The first-order valence-corrected chi connectivity index (χ1v) is 25.6. The molecule has 4 amide bonds. The van der Waals surface area contributed by atoms with Crippen LogP contribution in [0.15, 0.2) is 96.5 Å². The predicted molar refractivity (Wildman–Crippen MR) is 280 cm³/mol. The van der Waals surface area contributed by atoms with Crippen LogP contribution >= 0.6 is 23.6 Å². The molecule has 0 spiro atoms. The Bertz CT molecular complexity index is 2840. The van der Waals surface area contributed by atoms with E-state index >= 15 is 0 Å². The van der Waals surface area contributed by atoms with Gasteiger partial charge in [0.1, 0.15) is 23.4 Å². The number of carbonyl (C=O) groups excluding carboxylic acids is 4. The fourth-order valence-corrected chi connectivity index (χ4v) is 10.3. The molecular formula is C55H60F3N7O6S2. The fraction of sp³-hybridized carbons (Fsp3) is 0.400. The zero-order chi connectivity index (χ0) is 52.7. The quantitative estimate of drug-likeness (QED) is 0.0603. The predicted octanol–water partition coefficient (Wildman–Crippen LogP) is 10.4. The van der Waals surface area contributed by atoms with Gasteiger partial charge in [-0.2, -0.15) is 18.4 Å². The number of hydrogen-bond donors (Lipinski definition) is 2. The Morgan fingerprint density at radius 1 is 0.904 bits per heavy atom. The molecule has 7 rings (SSSR count). The second kappa shape index (κ2) is 23.0. The lowest BCUT2D eigenvalue weighted by Gasteiger charge is -2.35. The summed E-state index contributed by atoms with van der Waals surface area (Å²) in [6, 6.07) is 26.2. The van der Waals surface area contributed by atoms with Gasteiger partial charge in [-0.25, -0.2) is 4.98 Å². The molecule has 0 radical (unpaired) electrons. The largest absolute Gasteiger partial charge is 0.494 e.